The van der Waals surface area contributed by atoms with Crippen molar-refractivity contribution in [2.75, 3.05) is 5.73 Å². The molecule has 1 atom stereocenters. The lowest BCUT2D eigenvalue weighted by Crippen LogP contribution is -2.41. The van der Waals surface area contributed by atoms with Crippen LogP contribution in [0.15, 0.2) is 42.5 Å². The van der Waals surface area contributed by atoms with Crippen molar-refractivity contribution in [3.05, 3.63) is 63.7 Å². The van der Waals surface area contributed by atoms with E-state index in [4.69, 9.17) is 10.5 Å². The number of amides is 1. The molecule has 0 aliphatic carbocycles. The molecule has 1 unspecified atom stereocenters. The van der Waals surface area contributed by atoms with Gasteiger partial charge in [0.05, 0.1) is 11.0 Å². The number of nitrogens with two attached hydrogens (primary N) is 1. The number of nitro groups is 1. The van der Waals surface area contributed by atoms with Crippen molar-refractivity contribution in [3.63, 3.8) is 0 Å². The highest BCUT2D eigenvalue weighted by Crippen LogP contribution is 2.40. The number of rotatable bonds is 3. The van der Waals surface area contributed by atoms with Gasteiger partial charge in [-0.3, -0.25) is 14.9 Å². The second-order valence-electron chi connectivity index (χ2n) is 6.69. The first-order chi connectivity index (χ1) is 11.7. The molecule has 3 rings (SSSR count). The molecule has 0 spiro atoms. The second-order valence-corrected chi connectivity index (χ2v) is 6.69. The summed E-state index contributed by atoms with van der Waals surface area (Å²) < 4.78 is 5.95. The van der Waals surface area contributed by atoms with Crippen LogP contribution in [-0.4, -0.2) is 16.4 Å². The number of fused-ring (bicyclic) bond motifs is 1. The molecule has 7 nitrogen and oxygen atoms in total. The maximum absolute atomic E-state index is 12.5. The van der Waals surface area contributed by atoms with E-state index in [1.54, 1.807) is 18.2 Å². The standard InChI is InChI=1S/C18H19N3O4/c1-18(2)10-15(14-9-12(19)5-8-16(14)25-18)20-17(22)11-3-6-13(7-4-11)21(23)24/h3-9,15H,10,19H2,1-2H3,(H,20,22). The Labute approximate surface area is 144 Å². The number of anilines is 1. The van der Waals surface area contributed by atoms with Crippen LogP contribution < -0.4 is 15.8 Å². The Balaban J connectivity index is 1.85. The van der Waals surface area contributed by atoms with Gasteiger partial charge in [-0.15, -0.1) is 0 Å². The van der Waals surface area contributed by atoms with Gasteiger partial charge in [-0.1, -0.05) is 0 Å². The molecule has 0 fully saturated rings. The van der Waals surface area contributed by atoms with E-state index in [0.717, 1.165) is 5.56 Å². The molecule has 0 bridgehead atoms. The normalized spacial score (nSPS) is 17.9. The van der Waals surface area contributed by atoms with Gasteiger partial charge in [-0.2, -0.15) is 0 Å². The summed E-state index contributed by atoms with van der Waals surface area (Å²) in [6, 6.07) is 10.6. The van der Waals surface area contributed by atoms with Gasteiger partial charge < -0.3 is 15.8 Å². The average Bonchev–Trinajstić information content (AvgIpc) is 2.55. The predicted octanol–water partition coefficient (Wildman–Crippen LogP) is 3.21. The van der Waals surface area contributed by atoms with E-state index in [1.165, 1.54) is 24.3 Å². The molecule has 0 radical (unpaired) electrons. The fraction of sp³-hybridized carbons (Fsp3) is 0.278. The molecule has 2 aromatic rings. The summed E-state index contributed by atoms with van der Waals surface area (Å²) in [5, 5.41) is 13.7. The second kappa shape index (κ2) is 6.08. The van der Waals surface area contributed by atoms with Crippen LogP contribution in [0.5, 0.6) is 5.75 Å². The maximum atomic E-state index is 12.5. The number of nitrogens with one attached hydrogen (secondary N) is 1. The topological polar surface area (TPSA) is 107 Å². The number of carbonyl (C=O) groups excluding carboxylic acids is 1. The Morgan fingerprint density at radius 1 is 1.28 bits per heavy atom. The number of non-ortho nitro benzene ring substituents is 1. The zero-order valence-corrected chi connectivity index (χ0v) is 14.0. The van der Waals surface area contributed by atoms with Gasteiger partial charge in [0.15, 0.2) is 0 Å². The molecular weight excluding hydrogens is 322 g/mol. The highest BCUT2D eigenvalue weighted by Gasteiger charge is 2.34. The molecule has 130 valence electrons. The molecule has 1 aliphatic heterocycles. The van der Waals surface area contributed by atoms with Gasteiger partial charge in [0.25, 0.3) is 11.6 Å². The molecular formula is C18H19N3O4. The van der Waals surface area contributed by atoms with Crippen LogP contribution in [-0.2, 0) is 0 Å². The number of carbonyl (C=O) groups is 1. The van der Waals surface area contributed by atoms with Crippen molar-refractivity contribution < 1.29 is 14.5 Å². The summed E-state index contributed by atoms with van der Waals surface area (Å²) in [5.41, 5.74) is 7.16. The van der Waals surface area contributed by atoms with Crippen LogP contribution in [0.25, 0.3) is 0 Å². The molecule has 0 saturated heterocycles. The zero-order valence-electron chi connectivity index (χ0n) is 14.0. The van der Waals surface area contributed by atoms with E-state index < -0.39 is 10.5 Å². The third-order valence-corrected chi connectivity index (χ3v) is 4.14. The summed E-state index contributed by atoms with van der Waals surface area (Å²) in [6.45, 7) is 3.91. The summed E-state index contributed by atoms with van der Waals surface area (Å²) in [7, 11) is 0. The highest BCUT2D eigenvalue weighted by atomic mass is 16.6. The molecule has 3 N–H and O–H groups in total. The zero-order chi connectivity index (χ0) is 18.2. The number of nitrogens with zero attached hydrogens (tertiary/aromatic N) is 1. The lowest BCUT2D eigenvalue weighted by Gasteiger charge is -2.38. The van der Waals surface area contributed by atoms with Gasteiger partial charge in [0.1, 0.15) is 11.4 Å². The molecule has 1 aliphatic rings. The molecule has 2 aromatic carbocycles. The van der Waals surface area contributed by atoms with Crippen LogP contribution in [0.1, 0.15) is 42.2 Å². The Morgan fingerprint density at radius 2 is 1.96 bits per heavy atom. The van der Waals surface area contributed by atoms with Crippen molar-refractivity contribution in [1.29, 1.82) is 0 Å². The van der Waals surface area contributed by atoms with Gasteiger partial charge in [-0.05, 0) is 44.2 Å². The molecule has 25 heavy (non-hydrogen) atoms. The van der Waals surface area contributed by atoms with Crippen molar-refractivity contribution in [3.8, 4) is 5.75 Å². The Bertz CT molecular complexity index is 831. The number of ether oxygens (including phenoxy) is 1. The smallest absolute Gasteiger partial charge is 0.269 e. The van der Waals surface area contributed by atoms with E-state index in [2.05, 4.69) is 5.32 Å². The van der Waals surface area contributed by atoms with Crippen molar-refractivity contribution in [2.45, 2.75) is 31.9 Å². The number of nitrogen functional groups attached to an aromatic ring is 1. The van der Waals surface area contributed by atoms with Crippen LogP contribution in [0, 0.1) is 10.1 Å². The Kier molecular flexibility index (Phi) is 4.08. The van der Waals surface area contributed by atoms with Crippen LogP contribution in [0.2, 0.25) is 0 Å². The maximum Gasteiger partial charge on any atom is 0.269 e. The SMILES string of the molecule is CC1(C)CC(NC(=O)c2ccc([N+](=O)[O-])cc2)c2cc(N)ccc2O1. The summed E-state index contributed by atoms with van der Waals surface area (Å²) >= 11 is 0. The average molecular weight is 341 g/mol. The third kappa shape index (κ3) is 3.55. The quantitative estimate of drug-likeness (QED) is 0.506. The summed E-state index contributed by atoms with van der Waals surface area (Å²) in [6.07, 6.45) is 0.585. The van der Waals surface area contributed by atoms with E-state index in [1.807, 2.05) is 13.8 Å². The van der Waals surface area contributed by atoms with E-state index in [-0.39, 0.29) is 17.6 Å². The van der Waals surface area contributed by atoms with E-state index in [9.17, 15) is 14.9 Å². The minimum Gasteiger partial charge on any atom is -0.487 e. The molecule has 1 amide bonds. The lowest BCUT2D eigenvalue weighted by atomic mass is 9.89. The van der Waals surface area contributed by atoms with Gasteiger partial charge >= 0.3 is 0 Å². The van der Waals surface area contributed by atoms with Crippen molar-refractivity contribution >= 4 is 17.3 Å². The monoisotopic (exact) mass is 341 g/mol. The van der Waals surface area contributed by atoms with Crippen molar-refractivity contribution in [1.82, 2.24) is 5.32 Å². The van der Waals surface area contributed by atoms with Crippen LogP contribution >= 0.6 is 0 Å². The number of benzene rings is 2. The Hall–Kier alpha value is -3.09. The number of nitro benzene ring substituents is 1. The summed E-state index contributed by atoms with van der Waals surface area (Å²) in [5.74, 6) is 0.394. The minimum atomic E-state index is -0.498. The van der Waals surface area contributed by atoms with Crippen LogP contribution in [0.3, 0.4) is 0 Å². The molecule has 0 saturated carbocycles. The lowest BCUT2D eigenvalue weighted by molar-refractivity contribution is -0.384. The summed E-state index contributed by atoms with van der Waals surface area (Å²) in [4.78, 5) is 22.8. The number of hydrogen-bond acceptors (Lipinski definition) is 5. The minimum absolute atomic E-state index is 0.0538. The molecule has 1 heterocycles. The van der Waals surface area contributed by atoms with Gasteiger partial charge in [-0.25, -0.2) is 0 Å². The van der Waals surface area contributed by atoms with Gasteiger partial charge in [0, 0.05) is 35.4 Å². The first-order valence-corrected chi connectivity index (χ1v) is 7.89. The molecule has 7 heteroatoms. The fourth-order valence-corrected chi connectivity index (χ4v) is 2.98. The van der Waals surface area contributed by atoms with E-state index in [0.29, 0.717) is 23.4 Å². The van der Waals surface area contributed by atoms with Crippen molar-refractivity contribution in [2.24, 2.45) is 0 Å². The predicted molar refractivity (Wildman–Crippen MR) is 93.5 cm³/mol. The highest BCUT2D eigenvalue weighted by molar-refractivity contribution is 5.94. The Morgan fingerprint density at radius 3 is 2.60 bits per heavy atom. The first kappa shape index (κ1) is 16.8. The third-order valence-electron chi connectivity index (χ3n) is 4.14. The fourth-order valence-electron chi connectivity index (χ4n) is 2.98. The first-order valence-electron chi connectivity index (χ1n) is 7.89. The van der Waals surface area contributed by atoms with Gasteiger partial charge in [0.2, 0.25) is 0 Å². The van der Waals surface area contributed by atoms with E-state index >= 15 is 0 Å². The number of hydrogen-bond donors (Lipinski definition) is 2. The van der Waals surface area contributed by atoms with Crippen LogP contribution in [0.4, 0.5) is 11.4 Å². The largest absolute Gasteiger partial charge is 0.487 e. The molecule has 0 aromatic heterocycles.